The van der Waals surface area contributed by atoms with E-state index < -0.39 is 17.9 Å². The molecular formula is C21H24N2O4. The fourth-order valence-electron chi connectivity index (χ4n) is 3.00. The van der Waals surface area contributed by atoms with Crippen LogP contribution in [0.5, 0.6) is 0 Å². The van der Waals surface area contributed by atoms with E-state index in [9.17, 15) is 14.4 Å². The predicted molar refractivity (Wildman–Crippen MR) is 103 cm³/mol. The fraction of sp³-hybridized carbons (Fsp3) is 0.286. The summed E-state index contributed by atoms with van der Waals surface area (Å²) < 4.78 is 0. The molecule has 2 rings (SSSR count). The van der Waals surface area contributed by atoms with Crippen LogP contribution in [0.15, 0.2) is 54.6 Å². The Balaban J connectivity index is 2.27. The summed E-state index contributed by atoms with van der Waals surface area (Å²) in [7, 11) is 0. The lowest BCUT2D eigenvalue weighted by atomic mass is 10.0. The standard InChI is InChI=1S/C21H24N2O4/c1-14(2)23(18(20(22)26)12-13-19(24)25)21(27)17-10-8-16(9-11-17)15-6-4-3-5-7-15/h3-11,14,18H,12-13H2,1-2H3,(H2,22,26)(H,24,25)/t18-/m0/s1. The van der Waals surface area contributed by atoms with Crippen molar-refractivity contribution in [1.29, 1.82) is 0 Å². The van der Waals surface area contributed by atoms with Crippen LogP contribution in [0.4, 0.5) is 0 Å². The Morgan fingerprint density at radius 3 is 2.00 bits per heavy atom. The number of carboxylic acids is 1. The van der Waals surface area contributed by atoms with Gasteiger partial charge in [-0.2, -0.15) is 0 Å². The molecule has 6 heteroatoms. The molecule has 0 aliphatic heterocycles. The molecule has 0 radical (unpaired) electrons. The van der Waals surface area contributed by atoms with Gasteiger partial charge in [-0.05, 0) is 43.5 Å². The average molecular weight is 368 g/mol. The number of hydrogen-bond acceptors (Lipinski definition) is 3. The summed E-state index contributed by atoms with van der Waals surface area (Å²) in [6.07, 6.45) is -0.256. The van der Waals surface area contributed by atoms with Crippen molar-refractivity contribution in [3.05, 3.63) is 60.2 Å². The highest BCUT2D eigenvalue weighted by Gasteiger charge is 2.31. The molecule has 0 heterocycles. The van der Waals surface area contributed by atoms with Gasteiger partial charge in [0.1, 0.15) is 6.04 Å². The monoisotopic (exact) mass is 368 g/mol. The number of aliphatic carboxylic acids is 1. The van der Waals surface area contributed by atoms with Crippen molar-refractivity contribution < 1.29 is 19.5 Å². The molecular weight excluding hydrogens is 344 g/mol. The van der Waals surface area contributed by atoms with Crippen molar-refractivity contribution in [2.75, 3.05) is 0 Å². The van der Waals surface area contributed by atoms with Gasteiger partial charge in [0, 0.05) is 18.0 Å². The molecule has 27 heavy (non-hydrogen) atoms. The first-order valence-electron chi connectivity index (χ1n) is 8.80. The van der Waals surface area contributed by atoms with Crippen molar-refractivity contribution in [1.82, 2.24) is 4.90 Å². The largest absolute Gasteiger partial charge is 0.481 e. The Labute approximate surface area is 158 Å². The van der Waals surface area contributed by atoms with Gasteiger partial charge >= 0.3 is 5.97 Å². The highest BCUT2D eigenvalue weighted by Crippen LogP contribution is 2.21. The third kappa shape index (κ3) is 5.17. The number of carbonyl (C=O) groups excluding carboxylic acids is 2. The Kier molecular flexibility index (Phi) is 6.71. The van der Waals surface area contributed by atoms with E-state index in [1.807, 2.05) is 42.5 Å². The molecule has 0 saturated carbocycles. The second-order valence-corrected chi connectivity index (χ2v) is 6.60. The molecule has 0 bridgehead atoms. The first-order valence-corrected chi connectivity index (χ1v) is 8.80. The van der Waals surface area contributed by atoms with Gasteiger partial charge in [-0.3, -0.25) is 14.4 Å². The van der Waals surface area contributed by atoms with Crippen molar-refractivity contribution in [3.63, 3.8) is 0 Å². The van der Waals surface area contributed by atoms with Crippen LogP contribution in [-0.4, -0.2) is 39.9 Å². The molecule has 142 valence electrons. The van der Waals surface area contributed by atoms with Crippen molar-refractivity contribution in [2.45, 2.75) is 38.8 Å². The van der Waals surface area contributed by atoms with Gasteiger partial charge in [-0.1, -0.05) is 42.5 Å². The first-order chi connectivity index (χ1) is 12.8. The van der Waals surface area contributed by atoms with Gasteiger partial charge in [-0.15, -0.1) is 0 Å². The highest BCUT2D eigenvalue weighted by atomic mass is 16.4. The zero-order chi connectivity index (χ0) is 20.0. The van der Waals surface area contributed by atoms with E-state index in [4.69, 9.17) is 10.8 Å². The molecule has 6 nitrogen and oxygen atoms in total. The minimum atomic E-state index is -1.04. The van der Waals surface area contributed by atoms with E-state index in [2.05, 4.69) is 0 Å². The van der Waals surface area contributed by atoms with Crippen LogP contribution in [0.1, 0.15) is 37.0 Å². The SMILES string of the molecule is CC(C)N(C(=O)c1ccc(-c2ccccc2)cc1)[C@@H](CCC(=O)O)C(N)=O. The molecule has 0 aliphatic rings. The summed E-state index contributed by atoms with van der Waals surface area (Å²) in [6.45, 7) is 3.54. The van der Waals surface area contributed by atoms with Crippen LogP contribution in [0.3, 0.4) is 0 Å². The number of carbonyl (C=O) groups is 3. The zero-order valence-corrected chi connectivity index (χ0v) is 15.5. The van der Waals surface area contributed by atoms with E-state index in [-0.39, 0.29) is 24.8 Å². The van der Waals surface area contributed by atoms with Crippen LogP contribution in [0.2, 0.25) is 0 Å². The summed E-state index contributed by atoms with van der Waals surface area (Å²) in [4.78, 5) is 37.1. The van der Waals surface area contributed by atoms with Crippen molar-refractivity contribution in [2.24, 2.45) is 5.73 Å². The smallest absolute Gasteiger partial charge is 0.303 e. The molecule has 3 N–H and O–H groups in total. The molecule has 2 aromatic carbocycles. The molecule has 1 atom stereocenters. The van der Waals surface area contributed by atoms with E-state index in [0.29, 0.717) is 5.56 Å². The third-order valence-electron chi connectivity index (χ3n) is 4.33. The number of nitrogens with two attached hydrogens (primary N) is 1. The van der Waals surface area contributed by atoms with E-state index in [0.717, 1.165) is 11.1 Å². The summed E-state index contributed by atoms with van der Waals surface area (Å²) in [6, 6.07) is 15.6. The highest BCUT2D eigenvalue weighted by molar-refractivity contribution is 5.98. The summed E-state index contributed by atoms with van der Waals surface area (Å²) in [5, 5.41) is 8.90. The quantitative estimate of drug-likeness (QED) is 0.748. The number of nitrogens with zero attached hydrogens (tertiary/aromatic N) is 1. The first kappa shape index (κ1) is 20.2. The fourth-order valence-corrected chi connectivity index (χ4v) is 3.00. The Hall–Kier alpha value is -3.15. The second kappa shape index (κ2) is 8.98. The maximum Gasteiger partial charge on any atom is 0.303 e. The van der Waals surface area contributed by atoms with Crippen LogP contribution in [-0.2, 0) is 9.59 Å². The lowest BCUT2D eigenvalue weighted by molar-refractivity contribution is -0.137. The van der Waals surface area contributed by atoms with E-state index >= 15 is 0 Å². The third-order valence-corrected chi connectivity index (χ3v) is 4.33. The number of rotatable bonds is 8. The van der Waals surface area contributed by atoms with E-state index in [1.165, 1.54) is 4.90 Å². The Morgan fingerprint density at radius 2 is 1.52 bits per heavy atom. The Morgan fingerprint density at radius 1 is 0.963 bits per heavy atom. The van der Waals surface area contributed by atoms with Gasteiger partial charge in [0.05, 0.1) is 0 Å². The maximum absolute atomic E-state index is 13.0. The minimum Gasteiger partial charge on any atom is -0.481 e. The molecule has 0 fully saturated rings. The van der Waals surface area contributed by atoms with Gasteiger partial charge in [-0.25, -0.2) is 0 Å². The van der Waals surface area contributed by atoms with Gasteiger partial charge < -0.3 is 15.7 Å². The maximum atomic E-state index is 13.0. The molecule has 0 aromatic heterocycles. The number of amides is 2. The number of hydrogen-bond donors (Lipinski definition) is 2. The van der Waals surface area contributed by atoms with Crippen LogP contribution in [0, 0.1) is 0 Å². The lowest BCUT2D eigenvalue weighted by Crippen LogP contribution is -2.51. The van der Waals surface area contributed by atoms with E-state index in [1.54, 1.807) is 26.0 Å². The number of primary amides is 1. The summed E-state index contributed by atoms with van der Waals surface area (Å²) in [5.41, 5.74) is 7.88. The molecule has 2 aromatic rings. The topological polar surface area (TPSA) is 101 Å². The van der Waals surface area contributed by atoms with Crippen molar-refractivity contribution in [3.8, 4) is 11.1 Å². The normalized spacial score (nSPS) is 11.8. The molecule has 0 aliphatic carbocycles. The van der Waals surface area contributed by atoms with Crippen LogP contribution in [0.25, 0.3) is 11.1 Å². The second-order valence-electron chi connectivity index (χ2n) is 6.60. The average Bonchev–Trinajstić information content (AvgIpc) is 2.64. The van der Waals surface area contributed by atoms with Gasteiger partial charge in [0.15, 0.2) is 0 Å². The summed E-state index contributed by atoms with van der Waals surface area (Å²) in [5.74, 6) is -2.09. The minimum absolute atomic E-state index is 0.0172. The van der Waals surface area contributed by atoms with Crippen molar-refractivity contribution >= 4 is 17.8 Å². The molecule has 0 spiro atoms. The number of carboxylic acid groups (broad SMARTS) is 1. The molecule has 0 saturated heterocycles. The Bertz CT molecular complexity index is 801. The summed E-state index contributed by atoms with van der Waals surface area (Å²) >= 11 is 0. The molecule has 0 unspecified atom stereocenters. The molecule has 2 amide bonds. The van der Waals surface area contributed by atoms with Crippen LogP contribution < -0.4 is 5.73 Å². The zero-order valence-electron chi connectivity index (χ0n) is 15.5. The van der Waals surface area contributed by atoms with Crippen LogP contribution >= 0.6 is 0 Å². The predicted octanol–water partition coefficient (Wildman–Crippen LogP) is 2.92. The number of benzene rings is 2. The van der Waals surface area contributed by atoms with Gasteiger partial charge in [0.25, 0.3) is 5.91 Å². The lowest BCUT2D eigenvalue weighted by Gasteiger charge is -2.33. The van der Waals surface area contributed by atoms with Gasteiger partial charge in [0.2, 0.25) is 5.91 Å².